The Morgan fingerprint density at radius 1 is 0.689 bits per heavy atom. The van der Waals surface area contributed by atoms with Crippen LogP contribution < -0.4 is 60.2 Å². The summed E-state index contributed by atoms with van der Waals surface area (Å²) in [5.74, 6) is -11.7. The van der Waals surface area contributed by atoms with Crippen LogP contribution in [0.1, 0.15) is 98.0 Å². The van der Waals surface area contributed by atoms with E-state index in [0.29, 0.717) is 12.0 Å². The summed E-state index contributed by atoms with van der Waals surface area (Å²) >= 11 is 0. The fraction of sp³-hybridized carbons (Fsp3) is 0.617. The molecule has 10 atom stereocenters. The number of likely N-dealkylation sites (tertiary alicyclic amines) is 1. The highest BCUT2D eigenvalue weighted by molar-refractivity contribution is 5.98. The molecule has 1 heterocycles. The van der Waals surface area contributed by atoms with Gasteiger partial charge in [0.25, 0.3) is 0 Å². The quantitative estimate of drug-likeness (QED) is 0.0185. The Morgan fingerprint density at radius 2 is 1.28 bits per heavy atom. The van der Waals surface area contributed by atoms with Crippen LogP contribution in [0.3, 0.4) is 0 Å². The number of aliphatic carboxylic acids is 2. The highest BCUT2D eigenvalue weighted by Gasteiger charge is 2.41. The van der Waals surface area contributed by atoms with Crippen molar-refractivity contribution in [2.75, 3.05) is 19.7 Å². The SMILES string of the molecule is CC[C@H](C)[C@H](NC(=O)[C@@H]1CCCN1C(=O)[C@H](CCC(=O)O)NC(=O)[C@H](Cc1ccccc1)NC(=O)[C@H](C)NC(=O)[C@@H](N)CCC(N)=O)C(=O)N[C@@H](CCCN=C(N)N)C(=O)N[C@@H](CO)C(=O)N[C@H](C(=O)O)C(C)C. The first-order valence-electron chi connectivity index (χ1n) is 24.4. The third-order valence-corrected chi connectivity index (χ3v) is 12.2. The Kier molecular flexibility index (Phi) is 26.5. The average Bonchev–Trinajstić information content (AvgIpc) is 3.85. The predicted molar refractivity (Wildman–Crippen MR) is 266 cm³/mol. The maximum absolute atomic E-state index is 14.4. The van der Waals surface area contributed by atoms with Gasteiger partial charge in [0.15, 0.2) is 5.96 Å². The second-order valence-corrected chi connectivity index (χ2v) is 18.5. The number of aliphatic imine (C=N–C) groups is 1. The summed E-state index contributed by atoms with van der Waals surface area (Å²) in [6.07, 6.45) is -0.728. The molecule has 2 rings (SSSR count). The molecule has 0 unspecified atom stereocenters. The molecule has 1 fully saturated rings. The van der Waals surface area contributed by atoms with E-state index < -0.39 is 151 Å². The number of guanidine groups is 1. The van der Waals surface area contributed by atoms with E-state index in [2.05, 4.69) is 42.2 Å². The number of hydrogen-bond acceptors (Lipinski definition) is 14. The van der Waals surface area contributed by atoms with Crippen LogP contribution in [0.25, 0.3) is 0 Å². The van der Waals surface area contributed by atoms with Crippen LogP contribution in [0.2, 0.25) is 0 Å². The van der Waals surface area contributed by atoms with Gasteiger partial charge in [-0.15, -0.1) is 0 Å². The lowest BCUT2D eigenvalue weighted by Crippen LogP contribution is -2.61. The zero-order chi connectivity index (χ0) is 55.8. The number of carboxylic acid groups (broad SMARTS) is 2. The molecule has 0 bridgehead atoms. The minimum absolute atomic E-state index is 0.0124. The molecule has 27 heteroatoms. The number of nitrogens with zero attached hydrogens (tertiary/aromatic N) is 2. The Balaban J connectivity index is 2.40. The topological polar surface area (TPSA) is 452 Å². The molecule has 1 aliphatic rings. The lowest BCUT2D eigenvalue weighted by atomic mass is 9.96. The Hall–Kier alpha value is -7.42. The number of hydrogen-bond donors (Lipinski definition) is 14. The van der Waals surface area contributed by atoms with Crippen molar-refractivity contribution in [3.05, 3.63) is 35.9 Å². The smallest absolute Gasteiger partial charge is 0.326 e. The number of primary amides is 1. The largest absolute Gasteiger partial charge is 0.481 e. The predicted octanol–water partition coefficient (Wildman–Crippen LogP) is -4.08. The maximum Gasteiger partial charge on any atom is 0.326 e. The second kappa shape index (κ2) is 31.2. The van der Waals surface area contributed by atoms with Crippen LogP contribution in [0.5, 0.6) is 0 Å². The van der Waals surface area contributed by atoms with E-state index in [1.807, 2.05) is 0 Å². The molecule has 74 heavy (non-hydrogen) atoms. The third-order valence-electron chi connectivity index (χ3n) is 12.2. The number of carboxylic acids is 2. The molecule has 0 saturated carbocycles. The van der Waals surface area contributed by atoms with Crippen molar-refractivity contribution in [1.29, 1.82) is 0 Å². The number of nitrogens with two attached hydrogens (primary N) is 4. The molecule has 9 amide bonds. The van der Waals surface area contributed by atoms with Crippen LogP contribution in [0, 0.1) is 11.8 Å². The fourth-order valence-corrected chi connectivity index (χ4v) is 7.69. The second-order valence-electron chi connectivity index (χ2n) is 18.5. The highest BCUT2D eigenvalue weighted by atomic mass is 16.4. The van der Waals surface area contributed by atoms with Gasteiger partial charge in [-0.05, 0) is 62.8 Å². The molecule has 1 aliphatic heterocycles. The average molecular weight is 1050 g/mol. The van der Waals surface area contributed by atoms with E-state index in [1.165, 1.54) is 6.92 Å². The van der Waals surface area contributed by atoms with Crippen LogP contribution in [0.4, 0.5) is 0 Å². The molecular formula is C47H75N13O14. The van der Waals surface area contributed by atoms with E-state index >= 15 is 0 Å². The summed E-state index contributed by atoms with van der Waals surface area (Å²) in [4.78, 5) is 150. The van der Waals surface area contributed by atoms with Crippen molar-refractivity contribution in [3.63, 3.8) is 0 Å². The van der Waals surface area contributed by atoms with E-state index in [0.717, 1.165) is 4.90 Å². The van der Waals surface area contributed by atoms with Crippen LogP contribution in [0.15, 0.2) is 35.3 Å². The Bertz CT molecular complexity index is 2160. The van der Waals surface area contributed by atoms with Crippen LogP contribution in [-0.4, -0.2) is 165 Å². The molecule has 1 aromatic carbocycles. The maximum atomic E-state index is 14.4. The van der Waals surface area contributed by atoms with Gasteiger partial charge in [0, 0.05) is 32.4 Å². The first kappa shape index (κ1) is 62.7. The number of carbonyl (C=O) groups excluding carboxylic acids is 9. The summed E-state index contributed by atoms with van der Waals surface area (Å²) in [5, 5.41) is 46.7. The van der Waals surface area contributed by atoms with Gasteiger partial charge in [-0.1, -0.05) is 64.4 Å². The lowest BCUT2D eigenvalue weighted by Gasteiger charge is -2.32. The molecule has 0 radical (unpaired) electrons. The summed E-state index contributed by atoms with van der Waals surface area (Å²) in [6.45, 7) is 6.86. The first-order valence-corrected chi connectivity index (χ1v) is 24.4. The third kappa shape index (κ3) is 21.0. The number of aliphatic hydroxyl groups is 1. The Morgan fingerprint density at radius 3 is 1.85 bits per heavy atom. The summed E-state index contributed by atoms with van der Waals surface area (Å²) in [6, 6.07) is -3.88. The molecular weight excluding hydrogens is 971 g/mol. The van der Waals surface area contributed by atoms with Gasteiger partial charge in [-0.25, -0.2) is 4.79 Å². The number of carbonyl (C=O) groups is 11. The van der Waals surface area contributed by atoms with Gasteiger partial charge in [-0.3, -0.25) is 52.9 Å². The van der Waals surface area contributed by atoms with E-state index in [9.17, 15) is 68.1 Å². The highest BCUT2D eigenvalue weighted by Crippen LogP contribution is 2.21. The van der Waals surface area contributed by atoms with Crippen molar-refractivity contribution in [2.45, 2.75) is 153 Å². The van der Waals surface area contributed by atoms with Crippen LogP contribution >= 0.6 is 0 Å². The van der Waals surface area contributed by atoms with Gasteiger partial charge in [-0.2, -0.15) is 0 Å². The Labute approximate surface area is 428 Å². The molecule has 412 valence electrons. The zero-order valence-electron chi connectivity index (χ0n) is 42.5. The van der Waals surface area contributed by atoms with Gasteiger partial charge >= 0.3 is 11.9 Å². The number of nitrogens with one attached hydrogen (secondary N) is 7. The minimum atomic E-state index is -1.64. The van der Waals surface area contributed by atoms with Crippen LogP contribution in [-0.2, 0) is 59.2 Å². The summed E-state index contributed by atoms with van der Waals surface area (Å²) < 4.78 is 0. The fourth-order valence-electron chi connectivity index (χ4n) is 7.69. The molecule has 1 aromatic rings. The number of rotatable bonds is 32. The van der Waals surface area contributed by atoms with Crippen molar-refractivity contribution < 1.29 is 68.1 Å². The number of amides is 9. The van der Waals surface area contributed by atoms with Gasteiger partial charge in [0.05, 0.1) is 12.6 Å². The molecule has 1 saturated heterocycles. The molecule has 18 N–H and O–H groups in total. The van der Waals surface area contributed by atoms with Gasteiger partial charge < -0.3 is 80.4 Å². The van der Waals surface area contributed by atoms with E-state index in [1.54, 1.807) is 58.0 Å². The molecule has 0 spiro atoms. The first-order chi connectivity index (χ1) is 34.8. The van der Waals surface area contributed by atoms with Crippen molar-refractivity contribution in [3.8, 4) is 0 Å². The summed E-state index contributed by atoms with van der Waals surface area (Å²) in [5.41, 5.74) is 22.5. The molecule has 0 aromatic heterocycles. The summed E-state index contributed by atoms with van der Waals surface area (Å²) in [7, 11) is 0. The normalized spacial score (nSPS) is 16.8. The number of benzene rings is 1. The van der Waals surface area contributed by atoms with Crippen molar-refractivity contribution in [1.82, 2.24) is 42.1 Å². The van der Waals surface area contributed by atoms with Crippen molar-refractivity contribution >= 4 is 71.1 Å². The van der Waals surface area contributed by atoms with E-state index in [-0.39, 0.29) is 64.0 Å². The monoisotopic (exact) mass is 1050 g/mol. The van der Waals surface area contributed by atoms with Crippen molar-refractivity contribution in [2.24, 2.45) is 39.8 Å². The zero-order valence-corrected chi connectivity index (χ0v) is 42.5. The van der Waals surface area contributed by atoms with E-state index in [4.69, 9.17) is 22.9 Å². The van der Waals surface area contributed by atoms with Gasteiger partial charge in [0.1, 0.15) is 48.3 Å². The minimum Gasteiger partial charge on any atom is -0.481 e. The molecule has 27 nitrogen and oxygen atoms in total. The van der Waals surface area contributed by atoms with Gasteiger partial charge in [0.2, 0.25) is 53.2 Å². The standard InChI is InChI=1S/C47H75N13O14/c1-6-25(4)37(44(71)54-29(14-10-20-52-47(50)51)40(67)57-32(23-61)42(69)58-36(24(2)3)46(73)74)59-43(70)33-15-11-21-60(33)45(72)30(17-19-35(63)64)55-41(68)31(22-27-12-8-7-9-13-27)56-38(65)26(5)53-39(66)28(48)16-18-34(49)62/h7-9,12-13,24-26,28-33,36-37,61H,6,10-11,14-23,48H2,1-5H3,(H2,49,62)(H,53,66)(H,54,71)(H,55,68)(H,56,65)(H,57,67)(H,58,69)(H,59,70)(H,63,64)(H,73,74)(H4,50,51,52)/t25-,26-,28-,29-,30-,31-,32-,33-,36-,37-/m0/s1. The number of aliphatic hydroxyl groups excluding tert-OH is 1. The molecule has 0 aliphatic carbocycles. The lowest BCUT2D eigenvalue weighted by molar-refractivity contribution is -0.144.